The van der Waals surface area contributed by atoms with Crippen LogP contribution in [0, 0.1) is 0 Å². The largest absolute Gasteiger partial charge is 0.481 e. The van der Waals surface area contributed by atoms with Gasteiger partial charge in [0.05, 0.1) is 12.5 Å². The number of rotatable bonds is 5. The first kappa shape index (κ1) is 12.4. The van der Waals surface area contributed by atoms with E-state index in [4.69, 9.17) is 5.11 Å². The maximum Gasteiger partial charge on any atom is 0.306 e. The molecular formula is C9H19N3O3. The molecule has 88 valence electrons. The van der Waals surface area contributed by atoms with Crippen LogP contribution in [0.15, 0.2) is 0 Å². The Hall–Kier alpha value is -0.690. The molecule has 1 heterocycles. The predicted octanol–water partition coefficient (Wildman–Crippen LogP) is -1.43. The Labute approximate surface area is 89.4 Å². The predicted molar refractivity (Wildman–Crippen MR) is 55.3 cm³/mol. The van der Waals surface area contributed by atoms with Crippen molar-refractivity contribution in [2.24, 2.45) is 0 Å². The minimum absolute atomic E-state index is 0.208. The number of carboxylic acid groups (broad SMARTS) is 1. The molecule has 0 aliphatic carbocycles. The third-order valence-corrected chi connectivity index (χ3v) is 2.46. The SMILES string of the molecule is CN1CCN(NCC(O)CC(=O)O)CC1. The monoisotopic (exact) mass is 217 g/mol. The summed E-state index contributed by atoms with van der Waals surface area (Å²) in [6, 6.07) is 0. The molecule has 1 saturated heterocycles. The average Bonchev–Trinajstić information content (AvgIpc) is 2.16. The summed E-state index contributed by atoms with van der Waals surface area (Å²) in [4.78, 5) is 12.5. The molecule has 1 aliphatic rings. The third-order valence-electron chi connectivity index (χ3n) is 2.46. The number of aliphatic carboxylic acids is 1. The minimum Gasteiger partial charge on any atom is -0.481 e. The smallest absolute Gasteiger partial charge is 0.306 e. The molecule has 1 fully saturated rings. The Morgan fingerprint density at radius 2 is 2.00 bits per heavy atom. The van der Waals surface area contributed by atoms with Crippen molar-refractivity contribution in [3.05, 3.63) is 0 Å². The number of aliphatic hydroxyl groups is 1. The molecule has 0 aromatic heterocycles. The van der Waals surface area contributed by atoms with Gasteiger partial charge in [-0.25, -0.2) is 5.01 Å². The molecule has 0 aromatic carbocycles. The van der Waals surface area contributed by atoms with E-state index in [1.165, 1.54) is 0 Å². The highest BCUT2D eigenvalue weighted by atomic mass is 16.4. The molecule has 1 rings (SSSR count). The summed E-state index contributed by atoms with van der Waals surface area (Å²) in [6.45, 7) is 4.08. The van der Waals surface area contributed by atoms with E-state index in [0.29, 0.717) is 6.54 Å². The highest BCUT2D eigenvalue weighted by molar-refractivity contribution is 5.67. The van der Waals surface area contributed by atoms with Crippen LogP contribution in [0.3, 0.4) is 0 Å². The molecule has 1 atom stereocenters. The summed E-state index contributed by atoms with van der Waals surface area (Å²) in [5, 5.41) is 19.8. The molecule has 1 aliphatic heterocycles. The molecule has 0 spiro atoms. The van der Waals surface area contributed by atoms with Gasteiger partial charge in [0.1, 0.15) is 0 Å². The minimum atomic E-state index is -0.970. The van der Waals surface area contributed by atoms with E-state index in [1.807, 2.05) is 5.01 Å². The molecule has 3 N–H and O–H groups in total. The van der Waals surface area contributed by atoms with Gasteiger partial charge in [0.15, 0.2) is 0 Å². The maximum absolute atomic E-state index is 10.3. The first-order valence-corrected chi connectivity index (χ1v) is 5.15. The molecule has 0 bridgehead atoms. The summed E-state index contributed by atoms with van der Waals surface area (Å²) < 4.78 is 0. The van der Waals surface area contributed by atoms with Crippen LogP contribution in [0.5, 0.6) is 0 Å². The second kappa shape index (κ2) is 6.02. The van der Waals surface area contributed by atoms with Crippen molar-refractivity contribution in [2.45, 2.75) is 12.5 Å². The van der Waals surface area contributed by atoms with Crippen LogP contribution >= 0.6 is 0 Å². The summed E-state index contributed by atoms with van der Waals surface area (Å²) >= 11 is 0. The van der Waals surface area contributed by atoms with Crippen LogP contribution < -0.4 is 5.43 Å². The number of carbonyl (C=O) groups is 1. The van der Waals surface area contributed by atoms with Crippen molar-refractivity contribution in [1.29, 1.82) is 0 Å². The van der Waals surface area contributed by atoms with E-state index in [0.717, 1.165) is 26.2 Å². The van der Waals surface area contributed by atoms with E-state index in [9.17, 15) is 9.90 Å². The molecule has 0 amide bonds. The zero-order chi connectivity index (χ0) is 11.3. The first-order chi connectivity index (χ1) is 7.08. The van der Waals surface area contributed by atoms with E-state index < -0.39 is 12.1 Å². The van der Waals surface area contributed by atoms with Crippen molar-refractivity contribution in [1.82, 2.24) is 15.3 Å². The van der Waals surface area contributed by atoms with Gasteiger partial charge in [-0.05, 0) is 7.05 Å². The Bertz CT molecular complexity index is 205. The van der Waals surface area contributed by atoms with Gasteiger partial charge in [0, 0.05) is 32.7 Å². The highest BCUT2D eigenvalue weighted by Crippen LogP contribution is 1.96. The molecule has 0 radical (unpaired) electrons. The van der Waals surface area contributed by atoms with Crippen LogP contribution in [-0.2, 0) is 4.79 Å². The van der Waals surface area contributed by atoms with Gasteiger partial charge >= 0.3 is 5.97 Å². The number of hydrogen-bond donors (Lipinski definition) is 3. The summed E-state index contributed by atoms with van der Waals surface area (Å²) in [6.07, 6.45) is -1.03. The number of likely N-dealkylation sites (N-methyl/N-ethyl adjacent to an activating group) is 1. The fraction of sp³-hybridized carbons (Fsp3) is 0.889. The zero-order valence-corrected chi connectivity index (χ0v) is 9.02. The number of carboxylic acids is 1. The molecule has 15 heavy (non-hydrogen) atoms. The van der Waals surface area contributed by atoms with E-state index in [1.54, 1.807) is 0 Å². The Morgan fingerprint density at radius 3 is 2.53 bits per heavy atom. The molecule has 6 nitrogen and oxygen atoms in total. The van der Waals surface area contributed by atoms with Crippen LogP contribution in [0.2, 0.25) is 0 Å². The standard InChI is InChI=1S/C9H19N3O3/c1-11-2-4-12(5-3-11)10-7-8(13)6-9(14)15/h8,10,13H,2-7H2,1H3,(H,14,15). The number of hydrogen-bond acceptors (Lipinski definition) is 5. The van der Waals surface area contributed by atoms with E-state index >= 15 is 0 Å². The van der Waals surface area contributed by atoms with E-state index in [2.05, 4.69) is 17.4 Å². The van der Waals surface area contributed by atoms with Gasteiger partial charge in [-0.3, -0.25) is 10.2 Å². The van der Waals surface area contributed by atoms with Crippen molar-refractivity contribution < 1.29 is 15.0 Å². The van der Waals surface area contributed by atoms with Crippen molar-refractivity contribution in [2.75, 3.05) is 39.8 Å². The first-order valence-electron chi connectivity index (χ1n) is 5.15. The zero-order valence-electron chi connectivity index (χ0n) is 9.02. The third kappa shape index (κ3) is 5.08. The number of nitrogens with zero attached hydrogens (tertiary/aromatic N) is 2. The molecule has 1 unspecified atom stereocenters. The molecule has 0 saturated carbocycles. The van der Waals surface area contributed by atoms with Crippen LogP contribution in [0.1, 0.15) is 6.42 Å². The second-order valence-electron chi connectivity index (χ2n) is 3.90. The summed E-state index contributed by atoms with van der Waals surface area (Å²) in [5.74, 6) is -0.970. The van der Waals surface area contributed by atoms with Gasteiger partial charge in [0.25, 0.3) is 0 Å². The Morgan fingerprint density at radius 1 is 1.40 bits per heavy atom. The molecule has 0 aromatic rings. The lowest BCUT2D eigenvalue weighted by atomic mass is 10.2. The van der Waals surface area contributed by atoms with Crippen molar-refractivity contribution in [3.63, 3.8) is 0 Å². The fourth-order valence-electron chi connectivity index (χ4n) is 1.47. The van der Waals surface area contributed by atoms with Gasteiger partial charge in [-0.2, -0.15) is 0 Å². The number of aliphatic hydroxyl groups excluding tert-OH is 1. The van der Waals surface area contributed by atoms with Gasteiger partial charge in [-0.15, -0.1) is 0 Å². The van der Waals surface area contributed by atoms with Gasteiger partial charge in [-0.1, -0.05) is 0 Å². The van der Waals surface area contributed by atoms with Crippen LogP contribution in [-0.4, -0.2) is 72.0 Å². The van der Waals surface area contributed by atoms with Gasteiger partial charge in [0.2, 0.25) is 0 Å². The van der Waals surface area contributed by atoms with E-state index in [-0.39, 0.29) is 6.42 Å². The van der Waals surface area contributed by atoms with Gasteiger partial charge < -0.3 is 15.1 Å². The maximum atomic E-state index is 10.3. The number of piperazine rings is 1. The topological polar surface area (TPSA) is 76.0 Å². The molecule has 6 heteroatoms. The van der Waals surface area contributed by atoms with Crippen molar-refractivity contribution >= 4 is 5.97 Å². The Balaban J connectivity index is 2.11. The van der Waals surface area contributed by atoms with Crippen LogP contribution in [0.4, 0.5) is 0 Å². The average molecular weight is 217 g/mol. The van der Waals surface area contributed by atoms with Crippen molar-refractivity contribution in [3.8, 4) is 0 Å². The van der Waals surface area contributed by atoms with Crippen LogP contribution in [0.25, 0.3) is 0 Å². The summed E-state index contributed by atoms with van der Waals surface area (Å²) in [5.41, 5.74) is 3.04. The fourth-order valence-corrected chi connectivity index (χ4v) is 1.47. The lowest BCUT2D eigenvalue weighted by molar-refractivity contribution is -0.139. The summed E-state index contributed by atoms with van der Waals surface area (Å²) in [7, 11) is 2.07. The normalized spacial score (nSPS) is 21.5. The molecular weight excluding hydrogens is 198 g/mol. The lowest BCUT2D eigenvalue weighted by Crippen LogP contribution is -2.52. The number of nitrogens with one attached hydrogen (secondary N) is 1. The highest BCUT2D eigenvalue weighted by Gasteiger charge is 2.15. The number of hydrazine groups is 1. The Kier molecular flexibility index (Phi) is 4.97. The second-order valence-corrected chi connectivity index (χ2v) is 3.90. The quantitative estimate of drug-likeness (QED) is 0.524. The lowest BCUT2D eigenvalue weighted by Gasteiger charge is -2.33.